The zero-order valence-electron chi connectivity index (χ0n) is 27.2. The summed E-state index contributed by atoms with van der Waals surface area (Å²) in [4.78, 5) is 53.3. The smallest absolute Gasteiger partial charge is 0.295 e. The molecule has 2 saturated heterocycles. The molecule has 1 aromatic carbocycles. The van der Waals surface area contributed by atoms with Crippen LogP contribution in [0, 0.1) is 0 Å². The highest BCUT2D eigenvalue weighted by Crippen LogP contribution is 2.34. The molecular weight excluding hydrogens is 630 g/mol. The minimum atomic E-state index is -0.701. The molecule has 0 atom stereocenters. The number of aromatic nitrogens is 4. The van der Waals surface area contributed by atoms with Crippen molar-refractivity contribution < 1.29 is 19.1 Å². The Kier molecular flexibility index (Phi) is 10.1. The molecule has 0 saturated carbocycles. The number of guanidine groups is 1. The largest absolute Gasteiger partial charge is 0.494 e. The summed E-state index contributed by atoms with van der Waals surface area (Å²) >= 11 is 0. The maximum Gasteiger partial charge on any atom is 0.295 e. The molecule has 17 nitrogen and oxygen atoms in total. The number of carbonyl (C=O) groups is 3. The van der Waals surface area contributed by atoms with Crippen LogP contribution in [0.15, 0.2) is 59.0 Å². The maximum absolute atomic E-state index is 13.7. The first kappa shape index (κ1) is 33.1. The third-order valence-electron chi connectivity index (χ3n) is 8.62. The summed E-state index contributed by atoms with van der Waals surface area (Å²) < 4.78 is 5.54. The monoisotopic (exact) mass is 669 g/mol. The van der Waals surface area contributed by atoms with Crippen molar-refractivity contribution in [1.82, 2.24) is 45.5 Å². The standard InChI is InChI=1S/C32H39N13O4/c1-34-45(21-6-4-3-5-7-21)32(39-33)44-16-14-43(15-17-44)31(48)29(46)22-19-37-28-26(22)25(49-2)20-38-27(28)23-18-24(41-40-23)30(47)36-10-13-42-11-8-35-9-12-42/h3-7,18-20,35,37H,1,8-17,33H2,2H3,(H,36,47)(H,40,41)/b39-32-. The number of benzene rings is 1. The van der Waals surface area contributed by atoms with Crippen molar-refractivity contribution in [3.63, 3.8) is 0 Å². The van der Waals surface area contributed by atoms with E-state index in [9.17, 15) is 14.4 Å². The lowest BCUT2D eigenvalue weighted by molar-refractivity contribution is -0.127. The Morgan fingerprint density at radius 3 is 2.51 bits per heavy atom. The molecule has 0 aliphatic carbocycles. The number of hydrogen-bond donors (Lipinski definition) is 5. The van der Waals surface area contributed by atoms with E-state index in [4.69, 9.17) is 10.6 Å². The van der Waals surface area contributed by atoms with Gasteiger partial charge in [-0.25, -0.2) is 4.98 Å². The summed E-state index contributed by atoms with van der Waals surface area (Å²) in [6.07, 6.45) is 2.94. The van der Waals surface area contributed by atoms with Crippen LogP contribution in [0.2, 0.25) is 0 Å². The lowest BCUT2D eigenvalue weighted by atomic mass is 10.1. The molecule has 0 unspecified atom stereocenters. The third kappa shape index (κ3) is 6.93. The number of anilines is 1. The number of H-pyrrole nitrogens is 2. The molecule has 6 N–H and O–H groups in total. The molecule has 256 valence electrons. The molecule has 0 radical (unpaired) electrons. The highest BCUT2D eigenvalue weighted by molar-refractivity contribution is 6.45. The van der Waals surface area contributed by atoms with Crippen LogP contribution in [-0.2, 0) is 4.79 Å². The fourth-order valence-corrected chi connectivity index (χ4v) is 6.03. The highest BCUT2D eigenvalue weighted by Gasteiger charge is 2.32. The van der Waals surface area contributed by atoms with Gasteiger partial charge in [0.25, 0.3) is 17.6 Å². The Balaban J connectivity index is 1.14. The third-order valence-corrected chi connectivity index (χ3v) is 8.62. The van der Waals surface area contributed by atoms with Crippen LogP contribution in [0.4, 0.5) is 5.69 Å². The van der Waals surface area contributed by atoms with Gasteiger partial charge in [0.2, 0.25) is 5.96 Å². The van der Waals surface area contributed by atoms with E-state index in [-0.39, 0.29) is 30.3 Å². The number of amides is 2. The summed E-state index contributed by atoms with van der Waals surface area (Å²) in [6.45, 7) is 9.91. The number of aromatic amines is 2. The van der Waals surface area contributed by atoms with E-state index >= 15 is 0 Å². The molecule has 17 heteroatoms. The van der Waals surface area contributed by atoms with E-state index in [0.717, 1.165) is 38.4 Å². The van der Waals surface area contributed by atoms with Crippen molar-refractivity contribution in [2.75, 3.05) is 77.6 Å². The van der Waals surface area contributed by atoms with Crippen LogP contribution in [-0.4, -0.2) is 138 Å². The van der Waals surface area contributed by atoms with Gasteiger partial charge in [0, 0.05) is 78.4 Å². The van der Waals surface area contributed by atoms with Gasteiger partial charge in [-0.3, -0.25) is 24.4 Å². The topological polar surface area (TPSA) is 206 Å². The highest BCUT2D eigenvalue weighted by atomic mass is 16.5. The van der Waals surface area contributed by atoms with Gasteiger partial charge in [-0.1, -0.05) is 18.2 Å². The second kappa shape index (κ2) is 15.0. The number of methoxy groups -OCH3 is 1. The summed E-state index contributed by atoms with van der Waals surface area (Å²) in [6, 6.07) is 10.9. The van der Waals surface area contributed by atoms with E-state index in [1.807, 2.05) is 35.2 Å². The second-order valence-electron chi connectivity index (χ2n) is 11.5. The predicted molar refractivity (Wildman–Crippen MR) is 184 cm³/mol. The van der Waals surface area contributed by atoms with Crippen LogP contribution in [0.3, 0.4) is 0 Å². The van der Waals surface area contributed by atoms with Gasteiger partial charge < -0.3 is 36.0 Å². The van der Waals surface area contributed by atoms with Gasteiger partial charge in [0.15, 0.2) is 0 Å². The van der Waals surface area contributed by atoms with Crippen molar-refractivity contribution in [3.05, 3.63) is 60.0 Å². The Bertz CT molecular complexity index is 1840. The fraction of sp³-hybridized carbons (Fsp3) is 0.344. The number of nitrogens with zero attached hydrogens (tertiary/aromatic N) is 8. The van der Waals surface area contributed by atoms with E-state index in [1.165, 1.54) is 29.4 Å². The number of hydrazone groups is 2. The first-order valence-corrected chi connectivity index (χ1v) is 15.9. The van der Waals surface area contributed by atoms with E-state index in [0.29, 0.717) is 53.6 Å². The number of ether oxygens (including phenoxy) is 1. The van der Waals surface area contributed by atoms with Gasteiger partial charge in [-0.15, -0.1) is 5.10 Å². The van der Waals surface area contributed by atoms with Gasteiger partial charge in [-0.05, 0) is 18.2 Å². The molecule has 3 aromatic heterocycles. The summed E-state index contributed by atoms with van der Waals surface area (Å²) in [5.74, 6) is 4.79. The Labute approximate surface area is 282 Å². The molecule has 4 aromatic rings. The average Bonchev–Trinajstić information content (AvgIpc) is 3.83. The molecule has 5 heterocycles. The molecule has 6 rings (SSSR count). The molecule has 2 aliphatic heterocycles. The van der Waals surface area contributed by atoms with Crippen LogP contribution in [0.1, 0.15) is 20.8 Å². The lowest BCUT2D eigenvalue weighted by Crippen LogP contribution is -2.55. The zero-order valence-corrected chi connectivity index (χ0v) is 27.2. The SMILES string of the molecule is C=NN(/C(=N\N)N1CCN(C(=O)C(=O)c2c[nH]c3c(-c4cc(C(=O)NCCN5CCNCC5)[nH]n4)ncc(OC)c23)CC1)c1ccccc1. The number of para-hydroxylation sites is 1. The normalized spacial score (nSPS) is 15.7. The van der Waals surface area contributed by atoms with Gasteiger partial charge in [-0.2, -0.15) is 15.2 Å². The molecule has 0 spiro atoms. The quantitative estimate of drug-likeness (QED) is 0.0387. The number of Topliss-reactive ketones (excluding diaryl/α,β-unsaturated/α-hetero) is 1. The molecule has 49 heavy (non-hydrogen) atoms. The summed E-state index contributed by atoms with van der Waals surface area (Å²) in [5, 5.41) is 23.3. The van der Waals surface area contributed by atoms with Gasteiger partial charge in [0.1, 0.15) is 22.8 Å². The Morgan fingerprint density at radius 1 is 1.08 bits per heavy atom. The number of hydrogen-bond acceptors (Lipinski definition) is 11. The number of rotatable bonds is 10. The minimum absolute atomic E-state index is 0.139. The van der Waals surface area contributed by atoms with Crippen LogP contribution >= 0.6 is 0 Å². The van der Waals surface area contributed by atoms with Gasteiger partial charge >= 0.3 is 0 Å². The zero-order chi connectivity index (χ0) is 34.3. The summed E-state index contributed by atoms with van der Waals surface area (Å²) in [7, 11) is 1.46. The first-order chi connectivity index (χ1) is 23.9. The molecule has 2 aliphatic rings. The number of nitrogens with one attached hydrogen (secondary N) is 4. The fourth-order valence-electron chi connectivity index (χ4n) is 6.03. The average molecular weight is 670 g/mol. The number of carbonyl (C=O) groups excluding carboxylic acids is 3. The van der Waals surface area contributed by atoms with Crippen molar-refractivity contribution in [2.24, 2.45) is 16.0 Å². The molecular formula is C32H39N13O4. The minimum Gasteiger partial charge on any atom is -0.494 e. The molecule has 2 amide bonds. The number of pyridine rings is 1. The number of piperazine rings is 2. The van der Waals surface area contributed by atoms with Crippen molar-refractivity contribution >= 4 is 46.9 Å². The van der Waals surface area contributed by atoms with E-state index in [2.05, 4.69) is 52.6 Å². The second-order valence-corrected chi connectivity index (χ2v) is 11.5. The number of fused-ring (bicyclic) bond motifs is 1. The predicted octanol–water partition coefficient (Wildman–Crippen LogP) is 0.275. The first-order valence-electron chi connectivity index (χ1n) is 15.9. The lowest BCUT2D eigenvalue weighted by Gasteiger charge is -2.37. The van der Waals surface area contributed by atoms with E-state index < -0.39 is 11.7 Å². The molecule has 0 bridgehead atoms. The number of ketones is 1. The van der Waals surface area contributed by atoms with Crippen molar-refractivity contribution in [2.45, 2.75) is 0 Å². The molecule has 2 fully saturated rings. The van der Waals surface area contributed by atoms with E-state index in [1.54, 1.807) is 6.07 Å². The van der Waals surface area contributed by atoms with Crippen molar-refractivity contribution in [1.29, 1.82) is 0 Å². The van der Waals surface area contributed by atoms with Crippen LogP contribution in [0.25, 0.3) is 22.3 Å². The van der Waals surface area contributed by atoms with Crippen molar-refractivity contribution in [3.8, 4) is 17.1 Å². The van der Waals surface area contributed by atoms with Gasteiger partial charge in [0.05, 0.1) is 35.5 Å². The Hall–Kier alpha value is -5.81. The van der Waals surface area contributed by atoms with Crippen LogP contribution in [0.5, 0.6) is 5.75 Å². The number of nitrogens with two attached hydrogens (primary N) is 1. The Morgan fingerprint density at radius 2 is 1.82 bits per heavy atom. The van der Waals surface area contributed by atoms with Crippen LogP contribution < -0.4 is 26.2 Å². The summed E-state index contributed by atoms with van der Waals surface area (Å²) in [5.41, 5.74) is 2.36. The maximum atomic E-state index is 13.7.